The molecule has 1 rings (SSSR count). The van der Waals surface area contributed by atoms with E-state index in [0.29, 0.717) is 6.29 Å². The molecular weight excluding hydrogens is 195 g/mol. The van der Waals surface area contributed by atoms with Gasteiger partial charge in [0.15, 0.2) is 17.9 Å². The molecule has 0 N–H and O–H groups in total. The molecule has 68 valence electrons. The average Bonchev–Trinajstić information content (AvgIpc) is 2.09. The summed E-state index contributed by atoms with van der Waals surface area (Å²) in [6.07, 6.45) is 0.352. The lowest BCUT2D eigenvalue weighted by molar-refractivity contribution is 0.101. The van der Waals surface area contributed by atoms with Crippen LogP contribution in [0.2, 0.25) is 5.02 Å². The van der Waals surface area contributed by atoms with Gasteiger partial charge in [-0.2, -0.15) is 0 Å². The molecule has 0 fully saturated rings. The second-order valence-electron chi connectivity index (χ2n) is 2.50. The van der Waals surface area contributed by atoms with Crippen molar-refractivity contribution in [1.82, 2.24) is 0 Å². The summed E-state index contributed by atoms with van der Waals surface area (Å²) in [5.41, 5.74) is -0.0558. The third-order valence-electron chi connectivity index (χ3n) is 1.62. The van der Waals surface area contributed by atoms with Gasteiger partial charge in [0, 0.05) is 5.56 Å². The third-order valence-corrected chi connectivity index (χ3v) is 1.99. The maximum absolute atomic E-state index is 13.1. The minimum absolute atomic E-state index is 0.0877. The third kappa shape index (κ3) is 1.75. The molecule has 0 aliphatic carbocycles. The zero-order valence-electron chi connectivity index (χ0n) is 6.80. The van der Waals surface area contributed by atoms with Crippen LogP contribution in [0, 0.1) is 5.82 Å². The maximum atomic E-state index is 13.1. The van der Waals surface area contributed by atoms with E-state index >= 15 is 0 Å². The molecule has 0 saturated heterocycles. The molecule has 0 atom stereocenters. The lowest BCUT2D eigenvalue weighted by Crippen LogP contribution is -1.98. The van der Waals surface area contributed by atoms with Crippen LogP contribution in [0.4, 0.5) is 4.39 Å². The number of carbonyl (C=O) groups excluding carboxylic acids is 2. The van der Waals surface area contributed by atoms with Gasteiger partial charge in [-0.1, -0.05) is 11.6 Å². The van der Waals surface area contributed by atoms with Gasteiger partial charge in [0.05, 0.1) is 10.6 Å². The highest BCUT2D eigenvalue weighted by molar-refractivity contribution is 6.34. The molecule has 0 heterocycles. The van der Waals surface area contributed by atoms with Crippen molar-refractivity contribution < 1.29 is 14.0 Å². The van der Waals surface area contributed by atoms with Crippen molar-refractivity contribution in [3.63, 3.8) is 0 Å². The molecule has 0 spiro atoms. The summed E-state index contributed by atoms with van der Waals surface area (Å²) in [6, 6.07) is 2.56. The largest absolute Gasteiger partial charge is 0.298 e. The molecule has 1 aromatic carbocycles. The molecule has 4 heteroatoms. The number of aldehydes is 1. The Hall–Kier alpha value is -1.22. The van der Waals surface area contributed by atoms with E-state index < -0.39 is 5.82 Å². The highest BCUT2D eigenvalue weighted by Crippen LogP contribution is 2.22. The van der Waals surface area contributed by atoms with Crippen molar-refractivity contribution in [2.24, 2.45) is 0 Å². The van der Waals surface area contributed by atoms with Crippen LogP contribution in [0.25, 0.3) is 0 Å². The second kappa shape index (κ2) is 3.66. The van der Waals surface area contributed by atoms with Gasteiger partial charge in [-0.15, -0.1) is 0 Å². The molecule has 2 nitrogen and oxygen atoms in total. The molecule has 13 heavy (non-hydrogen) atoms. The number of carbonyl (C=O) groups is 2. The minimum atomic E-state index is -0.843. The molecule has 1 aromatic rings. The quantitative estimate of drug-likeness (QED) is 0.543. The van der Waals surface area contributed by atoms with Crippen LogP contribution in [0.1, 0.15) is 27.6 Å². The number of hydrogen-bond acceptors (Lipinski definition) is 2. The highest BCUT2D eigenvalue weighted by Gasteiger charge is 2.13. The van der Waals surface area contributed by atoms with Gasteiger partial charge in [-0.3, -0.25) is 9.59 Å². The van der Waals surface area contributed by atoms with E-state index in [2.05, 4.69) is 0 Å². The van der Waals surface area contributed by atoms with Gasteiger partial charge in [0.2, 0.25) is 0 Å². The molecule has 0 amide bonds. The van der Waals surface area contributed by atoms with Gasteiger partial charge < -0.3 is 0 Å². The van der Waals surface area contributed by atoms with Gasteiger partial charge in [-0.05, 0) is 19.1 Å². The first-order valence-corrected chi connectivity index (χ1v) is 3.90. The van der Waals surface area contributed by atoms with E-state index in [1.165, 1.54) is 19.1 Å². The monoisotopic (exact) mass is 200 g/mol. The van der Waals surface area contributed by atoms with Crippen molar-refractivity contribution in [3.8, 4) is 0 Å². The number of halogens is 2. The first-order valence-electron chi connectivity index (χ1n) is 3.52. The van der Waals surface area contributed by atoms with Crippen LogP contribution in [-0.4, -0.2) is 12.1 Å². The Morgan fingerprint density at radius 1 is 1.54 bits per heavy atom. The standard InChI is InChI=1S/C9H6ClFO2/c1-5(13)7-3-2-6(4-12)9(11)8(7)10/h2-4H,1H3. The molecule has 0 saturated carbocycles. The van der Waals surface area contributed by atoms with E-state index in [4.69, 9.17) is 11.6 Å². The minimum Gasteiger partial charge on any atom is -0.298 e. The Balaban J connectivity index is 3.39. The Kier molecular flexibility index (Phi) is 2.78. The van der Waals surface area contributed by atoms with E-state index in [0.717, 1.165) is 0 Å². The fraction of sp³-hybridized carbons (Fsp3) is 0.111. The predicted octanol–water partition coefficient (Wildman–Crippen LogP) is 2.49. The summed E-state index contributed by atoms with van der Waals surface area (Å²) in [4.78, 5) is 21.2. The molecule has 0 bridgehead atoms. The summed E-state index contributed by atoms with van der Waals surface area (Å²) >= 11 is 5.52. The number of rotatable bonds is 2. The van der Waals surface area contributed by atoms with E-state index in [1.54, 1.807) is 0 Å². The van der Waals surface area contributed by atoms with Crippen LogP contribution >= 0.6 is 11.6 Å². The first kappa shape index (κ1) is 9.86. The summed E-state index contributed by atoms with van der Waals surface area (Å²) in [6.45, 7) is 1.28. The van der Waals surface area contributed by atoms with Gasteiger partial charge in [-0.25, -0.2) is 4.39 Å². The Morgan fingerprint density at radius 3 is 2.62 bits per heavy atom. The van der Waals surface area contributed by atoms with Crippen molar-refractivity contribution >= 4 is 23.7 Å². The lowest BCUT2D eigenvalue weighted by atomic mass is 10.1. The zero-order valence-corrected chi connectivity index (χ0v) is 7.56. The highest BCUT2D eigenvalue weighted by atomic mass is 35.5. The van der Waals surface area contributed by atoms with E-state index in [-0.39, 0.29) is 21.9 Å². The van der Waals surface area contributed by atoms with Crippen LogP contribution in [-0.2, 0) is 0 Å². The molecule has 0 aliphatic heterocycles. The Bertz CT molecular complexity index is 374. The normalized spacial score (nSPS) is 9.77. The van der Waals surface area contributed by atoms with Crippen molar-refractivity contribution in [2.75, 3.05) is 0 Å². The molecule has 0 unspecified atom stereocenters. The fourth-order valence-electron chi connectivity index (χ4n) is 0.927. The van der Waals surface area contributed by atoms with Gasteiger partial charge in [0.25, 0.3) is 0 Å². The Morgan fingerprint density at radius 2 is 2.15 bits per heavy atom. The van der Waals surface area contributed by atoms with Crippen LogP contribution < -0.4 is 0 Å². The second-order valence-corrected chi connectivity index (χ2v) is 2.88. The summed E-state index contributed by atoms with van der Waals surface area (Å²) in [5, 5.41) is -0.294. The maximum Gasteiger partial charge on any atom is 0.161 e. The van der Waals surface area contributed by atoms with Crippen LogP contribution in [0.5, 0.6) is 0 Å². The summed E-state index contributed by atoms with van der Waals surface area (Å²) in [7, 11) is 0. The topological polar surface area (TPSA) is 34.1 Å². The number of ketones is 1. The van der Waals surface area contributed by atoms with Gasteiger partial charge >= 0.3 is 0 Å². The Labute approximate surface area is 79.3 Å². The molecule has 0 aliphatic rings. The zero-order chi connectivity index (χ0) is 10.0. The van der Waals surface area contributed by atoms with Crippen LogP contribution in [0.15, 0.2) is 12.1 Å². The molecule has 0 radical (unpaired) electrons. The van der Waals surface area contributed by atoms with Crippen LogP contribution in [0.3, 0.4) is 0 Å². The average molecular weight is 201 g/mol. The van der Waals surface area contributed by atoms with E-state index in [9.17, 15) is 14.0 Å². The first-order chi connectivity index (χ1) is 6.07. The number of Topliss-reactive ketones (excluding diaryl/α,β-unsaturated/α-hetero) is 1. The lowest BCUT2D eigenvalue weighted by Gasteiger charge is -2.02. The summed E-state index contributed by atoms with van der Waals surface area (Å²) < 4.78 is 13.1. The van der Waals surface area contributed by atoms with Crippen molar-refractivity contribution in [1.29, 1.82) is 0 Å². The fourth-order valence-corrected chi connectivity index (χ4v) is 1.23. The van der Waals surface area contributed by atoms with Gasteiger partial charge in [0.1, 0.15) is 0 Å². The number of benzene rings is 1. The summed E-state index contributed by atoms with van der Waals surface area (Å²) in [5.74, 6) is -1.18. The molecule has 0 aromatic heterocycles. The smallest absolute Gasteiger partial charge is 0.161 e. The van der Waals surface area contributed by atoms with Crippen molar-refractivity contribution in [2.45, 2.75) is 6.92 Å². The number of hydrogen-bond donors (Lipinski definition) is 0. The molecular formula is C9H6ClFO2. The van der Waals surface area contributed by atoms with E-state index in [1.807, 2.05) is 0 Å². The predicted molar refractivity (Wildman–Crippen MR) is 46.8 cm³/mol. The van der Waals surface area contributed by atoms with Crippen molar-refractivity contribution in [3.05, 3.63) is 34.1 Å². The SMILES string of the molecule is CC(=O)c1ccc(C=O)c(F)c1Cl.